The van der Waals surface area contributed by atoms with Gasteiger partial charge >= 0.3 is 0 Å². The maximum absolute atomic E-state index is 13.2. The Bertz CT molecular complexity index is 680. The minimum Gasteiger partial charge on any atom is -0.361 e. The molecule has 0 fully saturated rings. The first-order valence-corrected chi connectivity index (χ1v) is 7.77. The van der Waals surface area contributed by atoms with E-state index in [0.29, 0.717) is 19.0 Å². The molecule has 1 heterocycles. The van der Waals surface area contributed by atoms with Gasteiger partial charge in [-0.25, -0.2) is 9.38 Å². The Morgan fingerprint density at radius 2 is 2.13 bits per heavy atom. The van der Waals surface area contributed by atoms with Gasteiger partial charge in [0.15, 0.2) is 5.96 Å². The quantitative estimate of drug-likeness (QED) is 0.648. The number of aryl methyl sites for hydroxylation is 2. The number of halogens is 2. The van der Waals surface area contributed by atoms with Gasteiger partial charge < -0.3 is 15.2 Å². The number of aromatic nitrogens is 1. The number of guanidine groups is 1. The summed E-state index contributed by atoms with van der Waals surface area (Å²) in [6, 6.07) is 4.60. The average molecular weight is 339 g/mol. The second-order valence-electron chi connectivity index (χ2n) is 5.10. The lowest BCUT2D eigenvalue weighted by atomic mass is 10.2. The topological polar surface area (TPSA) is 62.5 Å². The lowest BCUT2D eigenvalue weighted by Gasteiger charge is -2.11. The van der Waals surface area contributed by atoms with Crippen molar-refractivity contribution < 1.29 is 8.91 Å². The number of benzene rings is 1. The third-order valence-corrected chi connectivity index (χ3v) is 3.65. The zero-order chi connectivity index (χ0) is 16.8. The molecule has 0 aliphatic rings. The van der Waals surface area contributed by atoms with E-state index in [1.807, 2.05) is 20.8 Å². The van der Waals surface area contributed by atoms with Crippen LogP contribution >= 0.6 is 11.6 Å². The summed E-state index contributed by atoms with van der Waals surface area (Å²) in [7, 11) is 0. The van der Waals surface area contributed by atoms with E-state index in [1.165, 1.54) is 6.07 Å². The van der Waals surface area contributed by atoms with Crippen LogP contribution in [0, 0.1) is 19.7 Å². The molecule has 2 N–H and O–H groups in total. The smallest absolute Gasteiger partial charge is 0.191 e. The molecule has 0 atom stereocenters. The average Bonchev–Trinajstić information content (AvgIpc) is 2.84. The summed E-state index contributed by atoms with van der Waals surface area (Å²) in [6.07, 6.45) is 0. The SMILES string of the molecule is CCNC(=NCc1ccc(F)c(Cl)c1)NCc1c(C)noc1C. The molecule has 2 aromatic rings. The Morgan fingerprint density at radius 1 is 1.35 bits per heavy atom. The van der Waals surface area contributed by atoms with Crippen molar-refractivity contribution in [3.63, 3.8) is 0 Å². The molecule has 0 amide bonds. The number of rotatable bonds is 5. The van der Waals surface area contributed by atoms with Crippen LogP contribution in [0.1, 0.15) is 29.5 Å². The van der Waals surface area contributed by atoms with Gasteiger partial charge in [0, 0.05) is 18.7 Å². The number of hydrogen-bond donors (Lipinski definition) is 2. The number of hydrogen-bond acceptors (Lipinski definition) is 3. The normalized spacial score (nSPS) is 11.6. The van der Waals surface area contributed by atoms with Crippen molar-refractivity contribution in [1.82, 2.24) is 15.8 Å². The lowest BCUT2D eigenvalue weighted by Crippen LogP contribution is -2.37. The first kappa shape index (κ1) is 17.3. The van der Waals surface area contributed by atoms with Crippen LogP contribution < -0.4 is 10.6 Å². The van der Waals surface area contributed by atoms with Gasteiger partial charge in [0.1, 0.15) is 11.6 Å². The molecule has 0 aliphatic heterocycles. The largest absolute Gasteiger partial charge is 0.361 e. The molecule has 1 aromatic carbocycles. The highest BCUT2D eigenvalue weighted by Gasteiger charge is 2.09. The third kappa shape index (κ3) is 4.69. The van der Waals surface area contributed by atoms with Crippen LogP contribution in [-0.4, -0.2) is 17.7 Å². The fourth-order valence-corrected chi connectivity index (χ4v) is 2.28. The number of nitrogens with one attached hydrogen (secondary N) is 2. The van der Waals surface area contributed by atoms with Crippen molar-refractivity contribution in [2.75, 3.05) is 6.54 Å². The molecule has 0 unspecified atom stereocenters. The Labute approximate surface area is 139 Å². The maximum Gasteiger partial charge on any atom is 0.191 e. The summed E-state index contributed by atoms with van der Waals surface area (Å²) in [4.78, 5) is 4.48. The summed E-state index contributed by atoms with van der Waals surface area (Å²) in [5, 5.41) is 10.4. The minimum atomic E-state index is -0.428. The molecule has 0 saturated carbocycles. The van der Waals surface area contributed by atoms with Crippen LogP contribution in [0.2, 0.25) is 5.02 Å². The molecule has 0 bridgehead atoms. The van der Waals surface area contributed by atoms with Crippen molar-refractivity contribution in [1.29, 1.82) is 0 Å². The standard InChI is InChI=1S/C16H20ClFN4O/c1-4-19-16(21-9-13-10(2)22-23-11(13)3)20-8-12-5-6-15(18)14(17)7-12/h5-7H,4,8-9H2,1-3H3,(H2,19,20,21). The van der Waals surface area contributed by atoms with Crippen molar-refractivity contribution in [2.45, 2.75) is 33.9 Å². The second-order valence-corrected chi connectivity index (χ2v) is 5.51. The van der Waals surface area contributed by atoms with Crippen LogP contribution in [0.5, 0.6) is 0 Å². The monoisotopic (exact) mass is 338 g/mol. The van der Waals surface area contributed by atoms with E-state index in [-0.39, 0.29) is 5.02 Å². The van der Waals surface area contributed by atoms with E-state index < -0.39 is 5.82 Å². The van der Waals surface area contributed by atoms with E-state index in [1.54, 1.807) is 12.1 Å². The van der Waals surface area contributed by atoms with Crippen LogP contribution in [0.15, 0.2) is 27.7 Å². The predicted octanol–water partition coefficient (Wildman–Crippen LogP) is 3.34. The zero-order valence-corrected chi connectivity index (χ0v) is 14.2. The fourth-order valence-electron chi connectivity index (χ4n) is 2.08. The van der Waals surface area contributed by atoms with E-state index in [2.05, 4.69) is 20.8 Å². The summed E-state index contributed by atoms with van der Waals surface area (Å²) in [6.45, 7) is 7.47. The van der Waals surface area contributed by atoms with E-state index in [0.717, 1.165) is 29.1 Å². The van der Waals surface area contributed by atoms with Crippen molar-refractivity contribution in [3.05, 3.63) is 51.6 Å². The molecule has 23 heavy (non-hydrogen) atoms. The fraction of sp³-hybridized carbons (Fsp3) is 0.375. The van der Waals surface area contributed by atoms with Gasteiger partial charge in [-0.15, -0.1) is 0 Å². The highest BCUT2D eigenvalue weighted by atomic mass is 35.5. The predicted molar refractivity (Wildman–Crippen MR) is 89.0 cm³/mol. The van der Waals surface area contributed by atoms with Crippen molar-refractivity contribution >= 4 is 17.6 Å². The summed E-state index contributed by atoms with van der Waals surface area (Å²) >= 11 is 5.78. The van der Waals surface area contributed by atoms with Crippen LogP contribution in [0.25, 0.3) is 0 Å². The molecule has 0 spiro atoms. The van der Waals surface area contributed by atoms with Gasteiger partial charge in [-0.3, -0.25) is 0 Å². The summed E-state index contributed by atoms with van der Waals surface area (Å²) in [5.41, 5.74) is 2.71. The van der Waals surface area contributed by atoms with Gasteiger partial charge in [0.2, 0.25) is 0 Å². The molecule has 7 heteroatoms. The summed E-state index contributed by atoms with van der Waals surface area (Å²) in [5.74, 6) is 1.02. The highest BCUT2D eigenvalue weighted by Crippen LogP contribution is 2.16. The molecule has 1 aromatic heterocycles. The highest BCUT2D eigenvalue weighted by molar-refractivity contribution is 6.30. The van der Waals surface area contributed by atoms with Crippen molar-refractivity contribution in [2.24, 2.45) is 4.99 Å². The first-order chi connectivity index (χ1) is 11.0. The van der Waals surface area contributed by atoms with Crippen LogP contribution in [0.4, 0.5) is 4.39 Å². The molecule has 5 nitrogen and oxygen atoms in total. The summed E-state index contributed by atoms with van der Waals surface area (Å²) < 4.78 is 18.3. The van der Waals surface area contributed by atoms with Gasteiger partial charge in [0.25, 0.3) is 0 Å². The Morgan fingerprint density at radius 3 is 2.74 bits per heavy atom. The molecular weight excluding hydrogens is 319 g/mol. The number of aliphatic imine (C=N–C) groups is 1. The third-order valence-electron chi connectivity index (χ3n) is 3.36. The molecule has 0 radical (unpaired) electrons. The molecule has 124 valence electrons. The Balaban J connectivity index is 2.03. The zero-order valence-electron chi connectivity index (χ0n) is 13.4. The molecule has 0 saturated heterocycles. The second kappa shape index (κ2) is 7.97. The lowest BCUT2D eigenvalue weighted by molar-refractivity contribution is 0.392. The number of nitrogens with zero attached hydrogens (tertiary/aromatic N) is 2. The molecular formula is C16H20ClFN4O. The van der Waals surface area contributed by atoms with Gasteiger partial charge in [-0.05, 0) is 38.5 Å². The molecule has 2 rings (SSSR count). The van der Waals surface area contributed by atoms with Gasteiger partial charge in [0.05, 0.1) is 17.3 Å². The Kier molecular flexibility index (Phi) is 5.98. The molecule has 0 aliphatic carbocycles. The van der Waals surface area contributed by atoms with E-state index in [9.17, 15) is 4.39 Å². The van der Waals surface area contributed by atoms with Gasteiger partial charge in [-0.2, -0.15) is 0 Å². The van der Waals surface area contributed by atoms with Gasteiger partial charge in [-0.1, -0.05) is 22.8 Å². The maximum atomic E-state index is 13.2. The Hall–Kier alpha value is -2.08. The minimum absolute atomic E-state index is 0.103. The van der Waals surface area contributed by atoms with E-state index in [4.69, 9.17) is 16.1 Å². The van der Waals surface area contributed by atoms with Crippen molar-refractivity contribution in [3.8, 4) is 0 Å². The van der Waals surface area contributed by atoms with E-state index >= 15 is 0 Å². The first-order valence-electron chi connectivity index (χ1n) is 7.39. The van der Waals surface area contributed by atoms with Crippen LogP contribution in [0.3, 0.4) is 0 Å². The van der Waals surface area contributed by atoms with Crippen LogP contribution in [-0.2, 0) is 13.1 Å².